The maximum atomic E-state index is 12.6. The van der Waals surface area contributed by atoms with Gasteiger partial charge in [0.2, 0.25) is 0 Å². The number of benzene rings is 1. The molecule has 0 radical (unpaired) electrons. The van der Waals surface area contributed by atoms with Crippen LogP contribution in [0.4, 0.5) is 11.5 Å². The Bertz CT molecular complexity index is 636. The van der Waals surface area contributed by atoms with Crippen molar-refractivity contribution < 1.29 is 4.79 Å². The van der Waals surface area contributed by atoms with E-state index in [-0.39, 0.29) is 5.91 Å². The fraction of sp³-hybridized carbons (Fsp3) is 0.294. The summed E-state index contributed by atoms with van der Waals surface area (Å²) in [6.07, 6.45) is 1.74. The highest BCUT2D eigenvalue weighted by molar-refractivity contribution is 6.07. The minimum Gasteiger partial charge on any atom is -0.353 e. The van der Waals surface area contributed by atoms with Gasteiger partial charge in [-0.05, 0) is 31.3 Å². The van der Waals surface area contributed by atoms with Crippen molar-refractivity contribution in [1.29, 1.82) is 0 Å². The number of para-hydroxylation sites is 1. The minimum atomic E-state index is -0.117. The maximum Gasteiger partial charge on any atom is 0.259 e. The number of pyridine rings is 1. The average molecular weight is 296 g/mol. The van der Waals surface area contributed by atoms with Gasteiger partial charge in [-0.2, -0.15) is 0 Å². The Balaban J connectivity index is 1.80. The van der Waals surface area contributed by atoms with E-state index in [9.17, 15) is 4.79 Å². The van der Waals surface area contributed by atoms with Crippen LogP contribution in [0.3, 0.4) is 0 Å². The molecule has 1 saturated heterocycles. The zero-order valence-corrected chi connectivity index (χ0v) is 12.7. The van der Waals surface area contributed by atoms with Gasteiger partial charge in [0, 0.05) is 38.1 Å². The van der Waals surface area contributed by atoms with Gasteiger partial charge in [0.1, 0.15) is 5.82 Å². The van der Waals surface area contributed by atoms with Gasteiger partial charge < -0.3 is 15.1 Å². The molecule has 1 N–H and O–H groups in total. The number of amides is 1. The summed E-state index contributed by atoms with van der Waals surface area (Å²) in [7, 11) is 2.11. The number of hydrogen-bond donors (Lipinski definition) is 1. The zero-order valence-electron chi connectivity index (χ0n) is 12.7. The molecule has 1 aromatic carbocycles. The first-order valence-corrected chi connectivity index (χ1v) is 7.49. The van der Waals surface area contributed by atoms with Crippen molar-refractivity contribution in [2.24, 2.45) is 0 Å². The largest absolute Gasteiger partial charge is 0.353 e. The lowest BCUT2D eigenvalue weighted by molar-refractivity contribution is 0.102. The van der Waals surface area contributed by atoms with E-state index in [4.69, 9.17) is 0 Å². The number of nitrogens with zero attached hydrogens (tertiary/aromatic N) is 3. The second kappa shape index (κ2) is 6.58. The van der Waals surface area contributed by atoms with Gasteiger partial charge in [-0.3, -0.25) is 4.79 Å². The summed E-state index contributed by atoms with van der Waals surface area (Å²) < 4.78 is 0. The molecule has 0 aliphatic carbocycles. The Morgan fingerprint density at radius 2 is 1.77 bits per heavy atom. The van der Waals surface area contributed by atoms with Crippen LogP contribution in [0.25, 0.3) is 0 Å². The highest BCUT2D eigenvalue weighted by atomic mass is 16.1. The summed E-state index contributed by atoms with van der Waals surface area (Å²) in [5.41, 5.74) is 1.41. The molecule has 0 atom stereocenters. The number of rotatable bonds is 3. The van der Waals surface area contributed by atoms with Gasteiger partial charge >= 0.3 is 0 Å². The van der Waals surface area contributed by atoms with E-state index in [1.165, 1.54) is 0 Å². The molecule has 1 aliphatic heterocycles. The molecule has 114 valence electrons. The van der Waals surface area contributed by atoms with E-state index in [2.05, 4.69) is 27.1 Å². The Morgan fingerprint density at radius 1 is 1.05 bits per heavy atom. The summed E-state index contributed by atoms with van der Waals surface area (Å²) in [5.74, 6) is 0.650. The van der Waals surface area contributed by atoms with Crippen molar-refractivity contribution in [1.82, 2.24) is 9.88 Å². The third-order valence-electron chi connectivity index (χ3n) is 3.87. The predicted molar refractivity (Wildman–Crippen MR) is 88.3 cm³/mol. The number of piperazine rings is 1. The molecule has 5 nitrogen and oxygen atoms in total. The highest BCUT2D eigenvalue weighted by Crippen LogP contribution is 2.20. The van der Waals surface area contributed by atoms with Crippen LogP contribution in [0.2, 0.25) is 0 Å². The maximum absolute atomic E-state index is 12.6. The van der Waals surface area contributed by atoms with Crippen molar-refractivity contribution in [3.05, 3.63) is 54.2 Å². The molecule has 1 aromatic heterocycles. The molecule has 0 spiro atoms. The second-order valence-electron chi connectivity index (χ2n) is 5.49. The van der Waals surface area contributed by atoms with Crippen LogP contribution in [-0.4, -0.2) is 49.0 Å². The van der Waals surface area contributed by atoms with E-state index in [0.29, 0.717) is 5.56 Å². The van der Waals surface area contributed by atoms with Gasteiger partial charge in [-0.25, -0.2) is 4.98 Å². The van der Waals surface area contributed by atoms with Gasteiger partial charge in [0.05, 0.1) is 5.56 Å². The SMILES string of the molecule is CN1CCN(c2ncccc2C(=O)Nc2ccccc2)CC1. The van der Waals surface area contributed by atoms with E-state index in [1.54, 1.807) is 12.3 Å². The van der Waals surface area contributed by atoms with Crippen LogP contribution in [0.15, 0.2) is 48.7 Å². The summed E-state index contributed by atoms with van der Waals surface area (Å²) in [4.78, 5) is 21.5. The fourth-order valence-corrected chi connectivity index (χ4v) is 2.56. The summed E-state index contributed by atoms with van der Waals surface area (Å²) in [5, 5.41) is 2.93. The Kier molecular flexibility index (Phi) is 4.34. The molecule has 1 fully saturated rings. The number of anilines is 2. The average Bonchev–Trinajstić information content (AvgIpc) is 2.56. The molecule has 1 amide bonds. The molecule has 2 aromatic rings. The molecule has 2 heterocycles. The topological polar surface area (TPSA) is 48.5 Å². The molecule has 5 heteroatoms. The van der Waals surface area contributed by atoms with Crippen LogP contribution >= 0.6 is 0 Å². The van der Waals surface area contributed by atoms with E-state index < -0.39 is 0 Å². The predicted octanol–water partition coefficient (Wildman–Crippen LogP) is 2.09. The third-order valence-corrected chi connectivity index (χ3v) is 3.87. The lowest BCUT2D eigenvalue weighted by atomic mass is 10.2. The lowest BCUT2D eigenvalue weighted by Gasteiger charge is -2.34. The van der Waals surface area contributed by atoms with Crippen molar-refractivity contribution in [2.75, 3.05) is 43.4 Å². The molecule has 0 unspecified atom stereocenters. The van der Waals surface area contributed by atoms with E-state index in [1.807, 2.05) is 36.4 Å². The molecular formula is C17H20N4O. The van der Waals surface area contributed by atoms with Crippen molar-refractivity contribution in [3.63, 3.8) is 0 Å². The zero-order chi connectivity index (χ0) is 15.4. The van der Waals surface area contributed by atoms with E-state index >= 15 is 0 Å². The summed E-state index contributed by atoms with van der Waals surface area (Å²) in [6.45, 7) is 3.74. The Hall–Kier alpha value is -2.40. The molecule has 1 aliphatic rings. The molecule has 3 rings (SSSR count). The smallest absolute Gasteiger partial charge is 0.259 e. The van der Waals surface area contributed by atoms with Crippen LogP contribution in [0.1, 0.15) is 10.4 Å². The lowest BCUT2D eigenvalue weighted by Crippen LogP contribution is -2.45. The van der Waals surface area contributed by atoms with Gasteiger partial charge in [0.25, 0.3) is 5.91 Å². The first-order chi connectivity index (χ1) is 10.7. The number of nitrogens with one attached hydrogen (secondary N) is 1. The van der Waals surface area contributed by atoms with Crippen LogP contribution in [0.5, 0.6) is 0 Å². The van der Waals surface area contributed by atoms with Crippen LogP contribution < -0.4 is 10.2 Å². The first-order valence-electron chi connectivity index (χ1n) is 7.49. The van der Waals surface area contributed by atoms with E-state index in [0.717, 1.165) is 37.7 Å². The number of hydrogen-bond acceptors (Lipinski definition) is 4. The number of likely N-dealkylation sites (N-methyl/N-ethyl adjacent to an activating group) is 1. The number of carbonyl (C=O) groups excluding carboxylic acids is 1. The normalized spacial score (nSPS) is 15.6. The quantitative estimate of drug-likeness (QED) is 0.942. The standard InChI is InChI=1S/C17H20N4O/c1-20-10-12-21(13-11-20)16-15(8-5-9-18-16)17(22)19-14-6-3-2-4-7-14/h2-9H,10-13H2,1H3,(H,19,22). The van der Waals surface area contributed by atoms with Gasteiger partial charge in [-0.15, -0.1) is 0 Å². The first kappa shape index (κ1) is 14.5. The highest BCUT2D eigenvalue weighted by Gasteiger charge is 2.21. The molecule has 22 heavy (non-hydrogen) atoms. The monoisotopic (exact) mass is 296 g/mol. The van der Waals surface area contributed by atoms with Crippen molar-refractivity contribution in [2.45, 2.75) is 0 Å². The van der Waals surface area contributed by atoms with Crippen molar-refractivity contribution in [3.8, 4) is 0 Å². The van der Waals surface area contributed by atoms with Crippen LogP contribution in [0, 0.1) is 0 Å². The summed E-state index contributed by atoms with van der Waals surface area (Å²) in [6, 6.07) is 13.1. The molecule has 0 saturated carbocycles. The van der Waals surface area contributed by atoms with Crippen LogP contribution in [-0.2, 0) is 0 Å². The van der Waals surface area contributed by atoms with Gasteiger partial charge in [0.15, 0.2) is 0 Å². The molecular weight excluding hydrogens is 276 g/mol. The Morgan fingerprint density at radius 3 is 2.50 bits per heavy atom. The number of aromatic nitrogens is 1. The second-order valence-corrected chi connectivity index (χ2v) is 5.49. The number of carbonyl (C=O) groups is 1. The fourth-order valence-electron chi connectivity index (χ4n) is 2.56. The van der Waals surface area contributed by atoms with Crippen molar-refractivity contribution >= 4 is 17.4 Å². The summed E-state index contributed by atoms with van der Waals surface area (Å²) >= 11 is 0. The third kappa shape index (κ3) is 3.26. The minimum absolute atomic E-state index is 0.117. The molecule has 0 bridgehead atoms. The Labute approximate surface area is 130 Å². The van der Waals surface area contributed by atoms with Gasteiger partial charge in [-0.1, -0.05) is 18.2 Å².